The second-order valence-corrected chi connectivity index (χ2v) is 9.27. The fourth-order valence-electron chi connectivity index (χ4n) is 4.33. The second-order valence-electron chi connectivity index (χ2n) is 9.27. The molecule has 0 aliphatic heterocycles. The summed E-state index contributed by atoms with van der Waals surface area (Å²) in [6, 6.07) is 19.4. The van der Waals surface area contributed by atoms with E-state index in [1.54, 1.807) is 67.8 Å². The molecule has 0 aliphatic carbocycles. The number of ether oxygens (including phenoxy) is 2. The molecular weight excluding hydrogens is 515 g/mol. The molecule has 1 aromatic heterocycles. The molecule has 0 unspecified atom stereocenters. The summed E-state index contributed by atoms with van der Waals surface area (Å²) < 4.78 is 29.6. The Bertz CT molecular complexity index is 1520. The van der Waals surface area contributed by atoms with Crippen LogP contribution in [0, 0.1) is 5.82 Å². The number of nitrogens with zero attached hydrogens (tertiary/aromatic N) is 2. The van der Waals surface area contributed by atoms with Gasteiger partial charge in [0, 0.05) is 32.4 Å². The summed E-state index contributed by atoms with van der Waals surface area (Å²) in [6.07, 6.45) is 1.87. The Hall–Kier alpha value is -4.50. The van der Waals surface area contributed by atoms with E-state index in [1.165, 1.54) is 35.3 Å². The SMILES string of the molecule is COCCCN(CC(=O)N(Cc1ccc(F)cc1)Cc1coc2ccccc2c1=O)C(=O)c1cccc(OC)c1. The van der Waals surface area contributed by atoms with Crippen LogP contribution in [-0.4, -0.2) is 55.5 Å². The Kier molecular flexibility index (Phi) is 9.64. The van der Waals surface area contributed by atoms with Crippen molar-refractivity contribution in [2.75, 3.05) is 33.9 Å². The molecule has 0 radical (unpaired) electrons. The normalized spacial score (nSPS) is 10.9. The molecule has 0 fully saturated rings. The summed E-state index contributed by atoms with van der Waals surface area (Å²) in [7, 11) is 3.08. The number of para-hydroxylation sites is 1. The van der Waals surface area contributed by atoms with Crippen molar-refractivity contribution in [2.24, 2.45) is 0 Å². The van der Waals surface area contributed by atoms with Crippen molar-refractivity contribution in [3.8, 4) is 5.75 Å². The van der Waals surface area contributed by atoms with E-state index in [-0.39, 0.29) is 43.4 Å². The molecule has 4 aromatic rings. The van der Waals surface area contributed by atoms with E-state index in [1.807, 2.05) is 0 Å². The smallest absolute Gasteiger partial charge is 0.254 e. The van der Waals surface area contributed by atoms with Crippen LogP contribution in [0.1, 0.15) is 27.9 Å². The molecule has 0 bridgehead atoms. The first-order chi connectivity index (χ1) is 19.4. The second kappa shape index (κ2) is 13.5. The lowest BCUT2D eigenvalue weighted by molar-refractivity contribution is -0.133. The Morgan fingerprint density at radius 1 is 0.925 bits per heavy atom. The summed E-state index contributed by atoms with van der Waals surface area (Å²) in [5, 5.41) is 0.406. The maximum Gasteiger partial charge on any atom is 0.254 e. The minimum Gasteiger partial charge on any atom is -0.497 e. The van der Waals surface area contributed by atoms with Gasteiger partial charge in [0.2, 0.25) is 5.91 Å². The monoisotopic (exact) mass is 546 g/mol. The number of fused-ring (bicyclic) bond motifs is 1. The highest BCUT2D eigenvalue weighted by Crippen LogP contribution is 2.17. The topological polar surface area (TPSA) is 89.3 Å². The molecule has 2 amide bonds. The van der Waals surface area contributed by atoms with Crippen molar-refractivity contribution in [2.45, 2.75) is 19.5 Å². The first kappa shape index (κ1) is 28.5. The van der Waals surface area contributed by atoms with Gasteiger partial charge in [0.05, 0.1) is 30.9 Å². The number of hydrogen-bond donors (Lipinski definition) is 0. The summed E-state index contributed by atoms with van der Waals surface area (Å²) in [4.78, 5) is 43.4. The minimum absolute atomic E-state index is 0.0529. The number of amides is 2. The van der Waals surface area contributed by atoms with E-state index in [9.17, 15) is 18.8 Å². The molecule has 4 rings (SSSR count). The van der Waals surface area contributed by atoms with Crippen LogP contribution in [0.3, 0.4) is 0 Å². The van der Waals surface area contributed by atoms with Crippen molar-refractivity contribution < 1.29 is 27.9 Å². The van der Waals surface area contributed by atoms with Crippen molar-refractivity contribution in [3.05, 3.63) is 112 Å². The highest BCUT2D eigenvalue weighted by atomic mass is 19.1. The summed E-state index contributed by atoms with van der Waals surface area (Å²) in [6.45, 7) is 0.499. The quantitative estimate of drug-likeness (QED) is 0.241. The summed E-state index contributed by atoms with van der Waals surface area (Å²) >= 11 is 0. The number of rotatable bonds is 12. The lowest BCUT2D eigenvalue weighted by Crippen LogP contribution is -2.43. The van der Waals surface area contributed by atoms with Crippen molar-refractivity contribution in [3.63, 3.8) is 0 Å². The number of carbonyl (C=O) groups is 2. The van der Waals surface area contributed by atoms with Crippen molar-refractivity contribution in [1.82, 2.24) is 9.80 Å². The van der Waals surface area contributed by atoms with Crippen LogP contribution >= 0.6 is 0 Å². The zero-order chi connectivity index (χ0) is 28.5. The fraction of sp³-hybridized carbons (Fsp3) is 0.258. The first-order valence-electron chi connectivity index (χ1n) is 12.8. The predicted octanol–water partition coefficient (Wildman–Crippen LogP) is 4.65. The van der Waals surface area contributed by atoms with E-state index in [2.05, 4.69) is 0 Å². The molecule has 0 aliphatic rings. The average molecular weight is 547 g/mol. The molecule has 0 saturated carbocycles. The van der Waals surface area contributed by atoms with Crippen LogP contribution in [0.4, 0.5) is 4.39 Å². The zero-order valence-corrected chi connectivity index (χ0v) is 22.5. The molecule has 0 saturated heterocycles. The molecule has 0 atom stereocenters. The van der Waals surface area contributed by atoms with Gasteiger partial charge in [-0.05, 0) is 54.4 Å². The number of halogens is 1. The van der Waals surface area contributed by atoms with Gasteiger partial charge < -0.3 is 23.7 Å². The molecule has 1 heterocycles. The van der Waals surface area contributed by atoms with Gasteiger partial charge in [0.15, 0.2) is 5.43 Å². The van der Waals surface area contributed by atoms with Crippen molar-refractivity contribution >= 4 is 22.8 Å². The molecule has 3 aromatic carbocycles. The van der Waals surface area contributed by atoms with E-state index >= 15 is 0 Å². The van der Waals surface area contributed by atoms with Crippen LogP contribution in [0.5, 0.6) is 5.75 Å². The highest BCUT2D eigenvalue weighted by Gasteiger charge is 2.24. The molecule has 40 heavy (non-hydrogen) atoms. The van der Waals surface area contributed by atoms with Gasteiger partial charge >= 0.3 is 0 Å². The van der Waals surface area contributed by atoms with Crippen molar-refractivity contribution in [1.29, 1.82) is 0 Å². The first-order valence-corrected chi connectivity index (χ1v) is 12.8. The van der Waals surface area contributed by atoms with E-state index in [0.29, 0.717) is 46.4 Å². The fourth-order valence-corrected chi connectivity index (χ4v) is 4.33. The Morgan fingerprint density at radius 2 is 1.70 bits per heavy atom. The molecule has 0 spiro atoms. The standard InChI is InChI=1S/C31H31FN2O6/c1-38-16-6-15-33(31(37)23-7-5-8-26(17-23)39-2)20-29(35)34(18-22-11-13-25(32)14-12-22)19-24-21-40-28-10-4-3-9-27(28)30(24)36/h3-5,7-14,17,21H,6,15-16,18-20H2,1-2H3. The predicted molar refractivity (Wildman–Crippen MR) is 149 cm³/mol. The third-order valence-electron chi connectivity index (χ3n) is 6.46. The number of hydrogen-bond acceptors (Lipinski definition) is 6. The highest BCUT2D eigenvalue weighted by molar-refractivity contribution is 5.96. The van der Waals surface area contributed by atoms with Gasteiger partial charge in [0.25, 0.3) is 5.91 Å². The molecule has 208 valence electrons. The molecule has 8 nitrogen and oxygen atoms in total. The van der Waals surface area contributed by atoms with Gasteiger partial charge in [-0.3, -0.25) is 14.4 Å². The van der Waals surface area contributed by atoms with Gasteiger partial charge in [-0.2, -0.15) is 0 Å². The maximum absolute atomic E-state index is 13.8. The molecular formula is C31H31FN2O6. The maximum atomic E-state index is 13.8. The lowest BCUT2D eigenvalue weighted by atomic mass is 10.1. The third-order valence-corrected chi connectivity index (χ3v) is 6.46. The number of carbonyl (C=O) groups excluding carboxylic acids is 2. The molecule has 9 heteroatoms. The van der Waals surface area contributed by atoms with Crippen LogP contribution in [0.25, 0.3) is 11.0 Å². The Labute approximate surface area is 231 Å². The van der Waals surface area contributed by atoms with Gasteiger partial charge in [-0.15, -0.1) is 0 Å². The van der Waals surface area contributed by atoms with Gasteiger partial charge in [0.1, 0.15) is 23.7 Å². The van der Waals surface area contributed by atoms with Crippen LogP contribution < -0.4 is 10.2 Å². The largest absolute Gasteiger partial charge is 0.497 e. The summed E-state index contributed by atoms with van der Waals surface area (Å²) in [5.41, 5.74) is 1.54. The van der Waals surface area contributed by atoms with E-state index in [0.717, 1.165) is 0 Å². The lowest BCUT2D eigenvalue weighted by Gasteiger charge is -2.28. The van der Waals surface area contributed by atoms with Crippen LogP contribution in [0.15, 0.2) is 88.3 Å². The minimum atomic E-state index is -0.398. The number of benzene rings is 3. The number of methoxy groups -OCH3 is 2. The summed E-state index contributed by atoms with van der Waals surface area (Å²) in [5.74, 6) is -0.596. The Balaban J connectivity index is 1.63. The van der Waals surface area contributed by atoms with Gasteiger partial charge in [-0.25, -0.2) is 4.39 Å². The van der Waals surface area contributed by atoms with E-state index < -0.39 is 5.82 Å². The van der Waals surface area contributed by atoms with E-state index in [4.69, 9.17) is 13.9 Å². The average Bonchev–Trinajstić information content (AvgIpc) is 2.98. The third kappa shape index (κ3) is 7.12. The zero-order valence-electron chi connectivity index (χ0n) is 22.5. The Morgan fingerprint density at radius 3 is 2.45 bits per heavy atom. The van der Waals surface area contributed by atoms with Crippen LogP contribution in [0.2, 0.25) is 0 Å². The molecule has 0 N–H and O–H groups in total. The van der Waals surface area contributed by atoms with Crippen LogP contribution in [-0.2, 0) is 22.6 Å². The van der Waals surface area contributed by atoms with Gasteiger partial charge in [-0.1, -0.05) is 30.3 Å².